The minimum absolute atomic E-state index is 0.0524. The normalized spacial score (nSPS) is 12.3. The lowest BCUT2D eigenvalue weighted by molar-refractivity contribution is -0.142. The van der Waals surface area contributed by atoms with Gasteiger partial charge in [0.2, 0.25) is 0 Å². The molecule has 0 atom stereocenters. The number of Topliss-reactive ketones (excluding diaryl/α,β-unsaturated/α-hetero) is 2. The first-order valence-electron chi connectivity index (χ1n) is 8.40. The number of ether oxygens (including phenoxy) is 3. The van der Waals surface area contributed by atoms with E-state index < -0.39 is 24.2 Å². The molecule has 27 heavy (non-hydrogen) atoms. The molecule has 0 aromatic heterocycles. The van der Waals surface area contributed by atoms with Gasteiger partial charge in [-0.3, -0.25) is 14.4 Å². The standard InChI is InChI=1S/C20H17FO6/c21-15-4-1-13(2-5-15)17(23)12-27-20(24)8-6-16(22)14-3-7-18-19(11-14)26-10-9-25-18/h1-5,7,11H,6,8-10,12H2. The van der Waals surface area contributed by atoms with Crippen molar-refractivity contribution in [1.29, 1.82) is 0 Å². The van der Waals surface area contributed by atoms with Gasteiger partial charge >= 0.3 is 5.97 Å². The topological polar surface area (TPSA) is 78.9 Å². The summed E-state index contributed by atoms with van der Waals surface area (Å²) < 4.78 is 28.5. The van der Waals surface area contributed by atoms with Gasteiger partial charge in [-0.15, -0.1) is 0 Å². The maximum absolute atomic E-state index is 12.8. The van der Waals surface area contributed by atoms with E-state index in [1.54, 1.807) is 18.2 Å². The Morgan fingerprint density at radius 3 is 2.26 bits per heavy atom. The maximum Gasteiger partial charge on any atom is 0.306 e. The van der Waals surface area contributed by atoms with Gasteiger partial charge in [0.25, 0.3) is 0 Å². The van der Waals surface area contributed by atoms with E-state index in [0.29, 0.717) is 30.3 Å². The Morgan fingerprint density at radius 1 is 0.852 bits per heavy atom. The lowest BCUT2D eigenvalue weighted by atomic mass is 10.1. The fraction of sp³-hybridized carbons (Fsp3) is 0.250. The molecule has 0 fully saturated rings. The highest BCUT2D eigenvalue weighted by atomic mass is 19.1. The van der Waals surface area contributed by atoms with E-state index in [9.17, 15) is 18.8 Å². The summed E-state index contributed by atoms with van der Waals surface area (Å²) in [6.07, 6.45) is -0.201. The zero-order valence-corrected chi connectivity index (χ0v) is 14.4. The molecule has 6 nitrogen and oxygen atoms in total. The summed E-state index contributed by atoms with van der Waals surface area (Å²) in [6.45, 7) is 0.421. The van der Waals surface area contributed by atoms with E-state index in [2.05, 4.69) is 0 Å². The molecular weight excluding hydrogens is 355 g/mol. The van der Waals surface area contributed by atoms with Crippen LogP contribution < -0.4 is 9.47 Å². The molecule has 0 radical (unpaired) electrons. The highest BCUT2D eigenvalue weighted by Gasteiger charge is 2.17. The van der Waals surface area contributed by atoms with Crippen molar-refractivity contribution in [3.8, 4) is 11.5 Å². The Kier molecular flexibility index (Phi) is 5.80. The number of benzene rings is 2. The third kappa shape index (κ3) is 4.91. The van der Waals surface area contributed by atoms with E-state index in [1.165, 1.54) is 12.1 Å². The molecule has 0 unspecified atom stereocenters. The second-order valence-electron chi connectivity index (χ2n) is 5.87. The van der Waals surface area contributed by atoms with Crippen LogP contribution in [-0.2, 0) is 9.53 Å². The fourth-order valence-corrected chi connectivity index (χ4v) is 2.51. The molecule has 3 rings (SSSR count). The molecule has 0 aliphatic carbocycles. The molecule has 0 N–H and O–H groups in total. The average Bonchev–Trinajstić information content (AvgIpc) is 2.70. The van der Waals surface area contributed by atoms with Gasteiger partial charge in [0.05, 0.1) is 6.42 Å². The van der Waals surface area contributed by atoms with Gasteiger partial charge in [0.15, 0.2) is 29.7 Å². The van der Waals surface area contributed by atoms with Crippen LogP contribution in [0.3, 0.4) is 0 Å². The van der Waals surface area contributed by atoms with Crippen molar-refractivity contribution in [3.05, 3.63) is 59.4 Å². The first-order chi connectivity index (χ1) is 13.0. The summed E-state index contributed by atoms with van der Waals surface area (Å²) >= 11 is 0. The van der Waals surface area contributed by atoms with Gasteiger partial charge in [-0.25, -0.2) is 4.39 Å². The SMILES string of the molecule is O=C(CCC(=O)c1ccc2c(c1)OCCO2)OCC(=O)c1ccc(F)cc1. The summed E-state index contributed by atoms with van der Waals surface area (Å²) in [4.78, 5) is 35.9. The number of rotatable bonds is 7. The van der Waals surface area contributed by atoms with Crippen LogP contribution >= 0.6 is 0 Å². The van der Waals surface area contributed by atoms with Crippen molar-refractivity contribution in [1.82, 2.24) is 0 Å². The molecule has 0 amide bonds. The van der Waals surface area contributed by atoms with Crippen LogP contribution in [0.15, 0.2) is 42.5 Å². The predicted molar refractivity (Wildman–Crippen MR) is 92.7 cm³/mol. The average molecular weight is 372 g/mol. The van der Waals surface area contributed by atoms with Gasteiger partial charge in [-0.1, -0.05) is 0 Å². The van der Waals surface area contributed by atoms with Crippen LogP contribution in [0.1, 0.15) is 33.6 Å². The van der Waals surface area contributed by atoms with Crippen LogP contribution in [0.4, 0.5) is 4.39 Å². The number of hydrogen-bond acceptors (Lipinski definition) is 6. The van der Waals surface area contributed by atoms with Crippen LogP contribution in [0.5, 0.6) is 11.5 Å². The lowest BCUT2D eigenvalue weighted by Gasteiger charge is -2.18. The second-order valence-corrected chi connectivity index (χ2v) is 5.87. The molecule has 0 saturated carbocycles. The van der Waals surface area contributed by atoms with Crippen molar-refractivity contribution < 1.29 is 33.0 Å². The zero-order chi connectivity index (χ0) is 19.2. The van der Waals surface area contributed by atoms with Gasteiger partial charge in [0, 0.05) is 17.5 Å². The number of carbonyl (C=O) groups is 3. The molecule has 7 heteroatoms. The summed E-state index contributed by atoms with van der Waals surface area (Å²) in [5.41, 5.74) is 0.658. The van der Waals surface area contributed by atoms with Crippen molar-refractivity contribution >= 4 is 17.5 Å². The number of ketones is 2. The van der Waals surface area contributed by atoms with Crippen molar-refractivity contribution in [2.75, 3.05) is 19.8 Å². The highest BCUT2D eigenvalue weighted by Crippen LogP contribution is 2.31. The first-order valence-corrected chi connectivity index (χ1v) is 8.40. The smallest absolute Gasteiger partial charge is 0.306 e. The molecule has 1 aliphatic heterocycles. The molecule has 0 saturated heterocycles. The molecule has 1 heterocycles. The minimum Gasteiger partial charge on any atom is -0.486 e. The summed E-state index contributed by atoms with van der Waals surface area (Å²) in [7, 11) is 0. The van der Waals surface area contributed by atoms with Crippen LogP contribution in [0.25, 0.3) is 0 Å². The third-order valence-electron chi connectivity index (χ3n) is 3.95. The zero-order valence-electron chi connectivity index (χ0n) is 14.4. The van der Waals surface area contributed by atoms with Crippen molar-refractivity contribution in [2.45, 2.75) is 12.8 Å². The van der Waals surface area contributed by atoms with Crippen molar-refractivity contribution in [3.63, 3.8) is 0 Å². The van der Waals surface area contributed by atoms with Gasteiger partial charge in [-0.2, -0.15) is 0 Å². The lowest BCUT2D eigenvalue weighted by Crippen LogP contribution is -2.16. The van der Waals surface area contributed by atoms with Gasteiger partial charge in [-0.05, 0) is 42.5 Å². The quantitative estimate of drug-likeness (QED) is 0.549. The first kappa shape index (κ1) is 18.6. The third-order valence-corrected chi connectivity index (χ3v) is 3.95. The Bertz CT molecular complexity index is 859. The molecule has 2 aromatic carbocycles. The Labute approximate surface area is 154 Å². The Balaban J connectivity index is 1.46. The van der Waals surface area contributed by atoms with E-state index in [4.69, 9.17) is 14.2 Å². The predicted octanol–water partition coefficient (Wildman–Crippen LogP) is 2.99. The minimum atomic E-state index is -0.656. The molecule has 0 spiro atoms. The number of esters is 1. The van der Waals surface area contributed by atoms with E-state index in [0.717, 1.165) is 12.1 Å². The van der Waals surface area contributed by atoms with E-state index in [1.807, 2.05) is 0 Å². The molecule has 1 aliphatic rings. The number of hydrogen-bond donors (Lipinski definition) is 0. The van der Waals surface area contributed by atoms with Crippen molar-refractivity contribution in [2.24, 2.45) is 0 Å². The van der Waals surface area contributed by atoms with Crippen LogP contribution in [-0.4, -0.2) is 37.4 Å². The highest BCUT2D eigenvalue weighted by molar-refractivity contribution is 5.99. The maximum atomic E-state index is 12.8. The molecule has 0 bridgehead atoms. The van der Waals surface area contributed by atoms with Gasteiger partial charge in [0.1, 0.15) is 19.0 Å². The summed E-state index contributed by atoms with van der Waals surface area (Å²) in [6, 6.07) is 9.79. The fourth-order valence-electron chi connectivity index (χ4n) is 2.51. The summed E-state index contributed by atoms with van der Waals surface area (Å²) in [5, 5.41) is 0. The second kappa shape index (κ2) is 8.44. The number of fused-ring (bicyclic) bond motifs is 1. The van der Waals surface area contributed by atoms with Crippen LogP contribution in [0, 0.1) is 5.82 Å². The van der Waals surface area contributed by atoms with E-state index in [-0.39, 0.29) is 24.2 Å². The monoisotopic (exact) mass is 372 g/mol. The van der Waals surface area contributed by atoms with Crippen LogP contribution in [0.2, 0.25) is 0 Å². The van der Waals surface area contributed by atoms with E-state index >= 15 is 0 Å². The largest absolute Gasteiger partial charge is 0.486 e. The molecular formula is C20H17FO6. The number of halogens is 1. The summed E-state index contributed by atoms with van der Waals surface area (Å²) in [5.74, 6) is -0.719. The van der Waals surface area contributed by atoms with Gasteiger partial charge < -0.3 is 14.2 Å². The Morgan fingerprint density at radius 2 is 1.52 bits per heavy atom. The number of carbonyl (C=O) groups excluding carboxylic acids is 3. The Hall–Kier alpha value is -3.22. The molecule has 140 valence electrons. The molecule has 2 aromatic rings.